The van der Waals surface area contributed by atoms with Crippen LogP contribution in [0.3, 0.4) is 0 Å². The Kier molecular flexibility index (Phi) is 3.90. The highest BCUT2D eigenvalue weighted by Crippen LogP contribution is 1.94. The van der Waals surface area contributed by atoms with E-state index >= 15 is 0 Å². The summed E-state index contributed by atoms with van der Waals surface area (Å²) in [5, 5.41) is -0.620. The minimum absolute atomic E-state index is 0.508. The van der Waals surface area contributed by atoms with Crippen molar-refractivity contribution in [3.05, 3.63) is 0 Å². The van der Waals surface area contributed by atoms with E-state index in [1.807, 2.05) is 0 Å². The van der Waals surface area contributed by atoms with Gasteiger partial charge in [-0.1, -0.05) is 5.92 Å². The zero-order valence-electron chi connectivity index (χ0n) is 5.27. The van der Waals surface area contributed by atoms with Crippen LogP contribution in [0.2, 0.25) is 0 Å². The number of rotatable bonds is 1. The molecule has 0 aliphatic heterocycles. The van der Waals surface area contributed by atoms with Gasteiger partial charge in [-0.3, -0.25) is 0 Å². The largest absolute Gasteiger partial charge is 0.371 e. The maximum absolute atomic E-state index is 10.4. The predicted octanol–water partition coefficient (Wildman–Crippen LogP) is 1.14. The van der Waals surface area contributed by atoms with Crippen LogP contribution < -0.4 is 0 Å². The van der Waals surface area contributed by atoms with Gasteiger partial charge < -0.3 is 4.74 Å². The molecule has 0 N–H and O–H groups in total. The SMILES string of the molecule is CC#COC(=O)C(C)Cl. The molecule has 0 aromatic rings. The van der Waals surface area contributed by atoms with Crippen molar-refractivity contribution >= 4 is 17.6 Å². The lowest BCUT2D eigenvalue weighted by molar-refractivity contribution is -0.136. The van der Waals surface area contributed by atoms with Crippen molar-refractivity contribution in [3.63, 3.8) is 0 Å². The Bertz CT molecular complexity index is 152. The second-order valence-corrected chi connectivity index (χ2v) is 2.04. The Hall–Kier alpha value is -0.680. The van der Waals surface area contributed by atoms with E-state index in [2.05, 4.69) is 16.8 Å². The molecule has 0 aliphatic carbocycles. The molecule has 0 aromatic heterocycles. The van der Waals surface area contributed by atoms with E-state index in [9.17, 15) is 4.79 Å². The molecule has 0 saturated carbocycles. The lowest BCUT2D eigenvalue weighted by atomic mass is 10.5. The Balaban J connectivity index is 3.60. The first-order valence-corrected chi connectivity index (χ1v) is 2.88. The summed E-state index contributed by atoms with van der Waals surface area (Å²) in [5.74, 6) is 1.89. The molecule has 1 unspecified atom stereocenters. The number of hydrogen-bond acceptors (Lipinski definition) is 2. The van der Waals surface area contributed by atoms with Crippen LogP contribution in [0, 0.1) is 12.0 Å². The minimum Gasteiger partial charge on any atom is -0.371 e. The van der Waals surface area contributed by atoms with Crippen LogP contribution in [0.4, 0.5) is 0 Å². The highest BCUT2D eigenvalue weighted by molar-refractivity contribution is 6.29. The van der Waals surface area contributed by atoms with Gasteiger partial charge in [0, 0.05) is 6.92 Å². The lowest BCUT2D eigenvalue weighted by Gasteiger charge is -1.94. The molecule has 0 aliphatic rings. The monoisotopic (exact) mass is 146 g/mol. The van der Waals surface area contributed by atoms with Crippen molar-refractivity contribution < 1.29 is 9.53 Å². The number of alkyl halides is 1. The first kappa shape index (κ1) is 8.32. The molecule has 0 amide bonds. The molecule has 0 fully saturated rings. The molecular formula is C6H7ClO2. The normalized spacial score (nSPS) is 11.0. The molecule has 2 nitrogen and oxygen atoms in total. The van der Waals surface area contributed by atoms with Crippen LogP contribution in [-0.4, -0.2) is 11.3 Å². The van der Waals surface area contributed by atoms with Crippen molar-refractivity contribution in [1.29, 1.82) is 0 Å². The van der Waals surface area contributed by atoms with Crippen LogP contribution in [0.5, 0.6) is 0 Å². The van der Waals surface area contributed by atoms with Gasteiger partial charge in [-0.15, -0.1) is 11.6 Å². The highest BCUT2D eigenvalue weighted by Gasteiger charge is 2.08. The summed E-state index contributed by atoms with van der Waals surface area (Å²) >= 11 is 5.32. The van der Waals surface area contributed by atoms with Crippen LogP contribution in [0.1, 0.15) is 13.8 Å². The van der Waals surface area contributed by atoms with Crippen LogP contribution in [-0.2, 0) is 9.53 Å². The minimum atomic E-state index is -0.620. The molecule has 0 rings (SSSR count). The van der Waals surface area contributed by atoms with Crippen LogP contribution >= 0.6 is 11.6 Å². The van der Waals surface area contributed by atoms with Crippen LogP contribution in [0.15, 0.2) is 0 Å². The number of hydrogen-bond donors (Lipinski definition) is 0. The number of ether oxygens (including phenoxy) is 1. The third-order valence-corrected chi connectivity index (χ3v) is 0.757. The van der Waals surface area contributed by atoms with Crippen LogP contribution in [0.25, 0.3) is 0 Å². The number of esters is 1. The van der Waals surface area contributed by atoms with Gasteiger partial charge in [0.1, 0.15) is 11.5 Å². The summed E-state index contributed by atoms with van der Waals surface area (Å²) in [7, 11) is 0. The lowest BCUT2D eigenvalue weighted by Crippen LogP contribution is -2.10. The van der Waals surface area contributed by atoms with Gasteiger partial charge in [0.05, 0.1) is 0 Å². The molecule has 0 saturated heterocycles. The smallest absolute Gasteiger partial charge is 0.337 e. The third kappa shape index (κ3) is 3.87. The van der Waals surface area contributed by atoms with Gasteiger partial charge in [-0.05, 0) is 6.92 Å². The summed E-state index contributed by atoms with van der Waals surface area (Å²) in [6.07, 6.45) is 2.15. The maximum atomic E-state index is 10.4. The molecule has 0 radical (unpaired) electrons. The highest BCUT2D eigenvalue weighted by atomic mass is 35.5. The number of carbonyl (C=O) groups excluding carboxylic acids is 1. The summed E-state index contributed by atoms with van der Waals surface area (Å²) in [6, 6.07) is 0. The van der Waals surface area contributed by atoms with Gasteiger partial charge in [-0.2, -0.15) is 0 Å². The Morgan fingerprint density at radius 3 is 2.67 bits per heavy atom. The van der Waals surface area contributed by atoms with Gasteiger partial charge in [0.2, 0.25) is 0 Å². The van der Waals surface area contributed by atoms with Crippen molar-refractivity contribution in [3.8, 4) is 12.0 Å². The van der Waals surface area contributed by atoms with E-state index in [1.54, 1.807) is 6.92 Å². The molecule has 1 atom stereocenters. The van der Waals surface area contributed by atoms with Crippen molar-refractivity contribution in [1.82, 2.24) is 0 Å². The quantitative estimate of drug-likeness (QED) is 0.315. The van der Waals surface area contributed by atoms with E-state index < -0.39 is 11.3 Å². The van der Waals surface area contributed by atoms with E-state index in [1.165, 1.54) is 6.92 Å². The van der Waals surface area contributed by atoms with Gasteiger partial charge in [0.15, 0.2) is 0 Å². The molecule has 0 bridgehead atoms. The Morgan fingerprint density at radius 1 is 1.78 bits per heavy atom. The van der Waals surface area contributed by atoms with Crippen molar-refractivity contribution in [2.24, 2.45) is 0 Å². The fourth-order valence-electron chi connectivity index (χ4n) is 0.183. The first-order valence-electron chi connectivity index (χ1n) is 2.45. The number of carbonyl (C=O) groups is 1. The molecule has 0 spiro atoms. The molecule has 0 aromatic carbocycles. The Morgan fingerprint density at radius 2 is 2.33 bits per heavy atom. The van der Waals surface area contributed by atoms with Crippen molar-refractivity contribution in [2.75, 3.05) is 0 Å². The second-order valence-electron chi connectivity index (χ2n) is 1.39. The summed E-state index contributed by atoms with van der Waals surface area (Å²) in [6.45, 7) is 3.10. The number of halogens is 1. The molecule has 9 heavy (non-hydrogen) atoms. The summed E-state index contributed by atoms with van der Waals surface area (Å²) in [5.41, 5.74) is 0. The van der Waals surface area contributed by atoms with E-state index in [0.717, 1.165) is 0 Å². The van der Waals surface area contributed by atoms with Gasteiger partial charge in [-0.25, -0.2) is 4.79 Å². The van der Waals surface area contributed by atoms with Gasteiger partial charge in [0.25, 0.3) is 0 Å². The van der Waals surface area contributed by atoms with E-state index in [0.29, 0.717) is 0 Å². The maximum Gasteiger partial charge on any atom is 0.337 e. The molecule has 3 heteroatoms. The molecule has 50 valence electrons. The fourth-order valence-corrected chi connectivity index (χ4v) is 0.227. The van der Waals surface area contributed by atoms with E-state index in [4.69, 9.17) is 11.6 Å². The topological polar surface area (TPSA) is 26.3 Å². The van der Waals surface area contributed by atoms with Gasteiger partial charge >= 0.3 is 5.97 Å². The Labute approximate surface area is 59.1 Å². The van der Waals surface area contributed by atoms with Crippen molar-refractivity contribution in [2.45, 2.75) is 19.2 Å². The fraction of sp³-hybridized carbons (Fsp3) is 0.500. The predicted molar refractivity (Wildman–Crippen MR) is 34.9 cm³/mol. The summed E-state index contributed by atoms with van der Waals surface area (Å²) in [4.78, 5) is 10.4. The standard InChI is InChI=1S/C6H7ClO2/c1-3-4-9-6(8)5(2)7/h5H,1-2H3. The average Bonchev–Trinajstić information content (AvgIpc) is 1.82. The third-order valence-electron chi connectivity index (χ3n) is 0.578. The molecular weight excluding hydrogens is 140 g/mol. The molecule has 0 heterocycles. The zero-order valence-corrected chi connectivity index (χ0v) is 6.03. The average molecular weight is 147 g/mol. The zero-order chi connectivity index (χ0) is 7.28. The summed E-state index contributed by atoms with van der Waals surface area (Å²) < 4.78 is 4.32. The van der Waals surface area contributed by atoms with E-state index in [-0.39, 0.29) is 0 Å². The second kappa shape index (κ2) is 4.22. The first-order chi connectivity index (χ1) is 4.18.